The van der Waals surface area contributed by atoms with E-state index in [9.17, 15) is 0 Å². The number of pyridine rings is 1. The molecular weight excluding hydrogens is 320 g/mol. The van der Waals surface area contributed by atoms with Crippen molar-refractivity contribution in [2.24, 2.45) is 5.73 Å². The summed E-state index contributed by atoms with van der Waals surface area (Å²) >= 11 is 3.45. The first-order valence-electron chi connectivity index (χ1n) is 6.82. The third-order valence-electron chi connectivity index (χ3n) is 4.16. The van der Waals surface area contributed by atoms with Gasteiger partial charge in [-0.15, -0.1) is 0 Å². The predicted octanol–water partition coefficient (Wildman–Crippen LogP) is 3.05. The molecule has 2 atom stereocenters. The fraction of sp³-hybridized carbons (Fsp3) is 0.500. The Balaban J connectivity index is 1.96. The Morgan fingerprint density at radius 3 is 3.05 bits per heavy atom. The summed E-state index contributed by atoms with van der Waals surface area (Å²) in [6.07, 6.45) is 6.02. The molecule has 1 saturated carbocycles. The van der Waals surface area contributed by atoms with Crippen molar-refractivity contribution in [2.75, 3.05) is 0 Å². The molecule has 2 unspecified atom stereocenters. The van der Waals surface area contributed by atoms with Gasteiger partial charge in [0.1, 0.15) is 5.69 Å². The average Bonchev–Trinajstić information content (AvgIpc) is 2.93. The van der Waals surface area contributed by atoms with Crippen molar-refractivity contribution >= 4 is 15.9 Å². The van der Waals surface area contributed by atoms with Crippen molar-refractivity contribution in [3.05, 3.63) is 28.7 Å². The Labute approximate surface area is 126 Å². The Bertz CT molecular complexity index is 615. The summed E-state index contributed by atoms with van der Waals surface area (Å²) in [5.41, 5.74) is 6.73. The molecule has 0 saturated heterocycles. The van der Waals surface area contributed by atoms with Crippen molar-refractivity contribution in [1.82, 2.24) is 15.1 Å². The van der Waals surface area contributed by atoms with Gasteiger partial charge in [-0.05, 0) is 47.8 Å². The number of hydrogen-bond acceptors (Lipinski definition) is 5. The molecule has 1 fully saturated rings. The number of hydrogen-bond donors (Lipinski definition) is 1. The molecule has 106 valence electrons. The number of rotatable bonds is 2. The molecule has 6 heteroatoms. The van der Waals surface area contributed by atoms with Gasteiger partial charge in [-0.25, -0.2) is 0 Å². The number of nitrogens with zero attached hydrogens (tertiary/aromatic N) is 3. The zero-order valence-corrected chi connectivity index (χ0v) is 12.9. The molecule has 3 rings (SSSR count). The summed E-state index contributed by atoms with van der Waals surface area (Å²) in [7, 11) is 0. The highest BCUT2D eigenvalue weighted by molar-refractivity contribution is 9.10. The highest BCUT2D eigenvalue weighted by atomic mass is 79.9. The molecule has 0 radical (unpaired) electrons. The summed E-state index contributed by atoms with van der Waals surface area (Å²) in [6.45, 7) is 2.11. The molecule has 0 bridgehead atoms. The fourth-order valence-electron chi connectivity index (χ4n) is 2.73. The first-order chi connectivity index (χ1) is 9.61. The SMILES string of the molecule is CC1(c2nc(-c3ncccc3Br)no2)CCCCC1N. The van der Waals surface area contributed by atoms with Crippen LogP contribution in [0.3, 0.4) is 0 Å². The predicted molar refractivity (Wildman–Crippen MR) is 79.0 cm³/mol. The van der Waals surface area contributed by atoms with Gasteiger partial charge >= 0.3 is 0 Å². The zero-order valence-electron chi connectivity index (χ0n) is 11.3. The maximum Gasteiger partial charge on any atom is 0.234 e. The van der Waals surface area contributed by atoms with E-state index < -0.39 is 0 Å². The van der Waals surface area contributed by atoms with Crippen LogP contribution < -0.4 is 5.73 Å². The van der Waals surface area contributed by atoms with Gasteiger partial charge in [0.05, 0.1) is 5.41 Å². The third-order valence-corrected chi connectivity index (χ3v) is 4.80. The topological polar surface area (TPSA) is 77.8 Å². The number of aromatic nitrogens is 3. The second-order valence-corrected chi connectivity index (χ2v) is 6.38. The molecule has 1 aliphatic carbocycles. The fourth-order valence-corrected chi connectivity index (χ4v) is 3.16. The average molecular weight is 337 g/mol. The smallest absolute Gasteiger partial charge is 0.234 e. The Hall–Kier alpha value is -1.27. The van der Waals surface area contributed by atoms with Crippen molar-refractivity contribution in [1.29, 1.82) is 0 Å². The van der Waals surface area contributed by atoms with Crippen LogP contribution in [0.15, 0.2) is 27.3 Å². The Kier molecular flexibility index (Phi) is 3.60. The van der Waals surface area contributed by atoms with Crippen molar-refractivity contribution in [3.63, 3.8) is 0 Å². The highest BCUT2D eigenvalue weighted by Crippen LogP contribution is 2.38. The zero-order chi connectivity index (χ0) is 14.2. The van der Waals surface area contributed by atoms with Crippen molar-refractivity contribution in [2.45, 2.75) is 44.1 Å². The molecule has 0 amide bonds. The molecule has 0 aliphatic heterocycles. The Morgan fingerprint density at radius 2 is 2.30 bits per heavy atom. The minimum absolute atomic E-state index is 0.0664. The molecular formula is C14H17BrN4O. The molecule has 0 spiro atoms. The van der Waals surface area contributed by atoms with Gasteiger partial charge in [0.15, 0.2) is 0 Å². The van der Waals surface area contributed by atoms with E-state index >= 15 is 0 Å². The summed E-state index contributed by atoms with van der Waals surface area (Å²) < 4.78 is 6.34. The number of nitrogens with two attached hydrogens (primary N) is 1. The minimum Gasteiger partial charge on any atom is -0.338 e. The van der Waals surface area contributed by atoms with Gasteiger partial charge < -0.3 is 10.3 Å². The quantitative estimate of drug-likeness (QED) is 0.911. The monoisotopic (exact) mass is 336 g/mol. The second kappa shape index (κ2) is 5.26. The maximum atomic E-state index is 6.27. The molecule has 5 nitrogen and oxygen atoms in total. The minimum atomic E-state index is -0.231. The van der Waals surface area contributed by atoms with E-state index in [-0.39, 0.29) is 11.5 Å². The van der Waals surface area contributed by atoms with E-state index in [1.54, 1.807) is 6.20 Å². The molecule has 1 aliphatic rings. The molecule has 2 N–H and O–H groups in total. The van der Waals surface area contributed by atoms with E-state index in [1.165, 1.54) is 6.42 Å². The van der Waals surface area contributed by atoms with Crippen LogP contribution in [-0.2, 0) is 5.41 Å². The van der Waals surface area contributed by atoms with Gasteiger partial charge in [0.25, 0.3) is 0 Å². The molecule has 2 heterocycles. The van der Waals surface area contributed by atoms with Crippen LogP contribution in [0.1, 0.15) is 38.5 Å². The normalized spacial score (nSPS) is 26.6. The van der Waals surface area contributed by atoms with Crippen LogP contribution in [0.4, 0.5) is 0 Å². The van der Waals surface area contributed by atoms with E-state index in [4.69, 9.17) is 10.3 Å². The van der Waals surface area contributed by atoms with Crippen LogP contribution >= 0.6 is 15.9 Å². The summed E-state index contributed by atoms with van der Waals surface area (Å²) in [6, 6.07) is 3.83. The lowest BCUT2D eigenvalue weighted by Crippen LogP contribution is -2.45. The molecule has 20 heavy (non-hydrogen) atoms. The lowest BCUT2D eigenvalue weighted by atomic mass is 9.72. The molecule has 2 aromatic heterocycles. The van der Waals surface area contributed by atoms with Gasteiger partial charge in [0, 0.05) is 16.7 Å². The maximum absolute atomic E-state index is 6.27. The van der Waals surface area contributed by atoms with Gasteiger partial charge in [-0.2, -0.15) is 4.98 Å². The first-order valence-corrected chi connectivity index (χ1v) is 7.61. The molecule has 2 aromatic rings. The summed E-state index contributed by atoms with van der Waals surface area (Å²) in [5.74, 6) is 1.13. The van der Waals surface area contributed by atoms with Crippen molar-refractivity contribution in [3.8, 4) is 11.5 Å². The second-order valence-electron chi connectivity index (χ2n) is 5.53. The van der Waals surface area contributed by atoms with Gasteiger partial charge in [-0.1, -0.05) is 18.0 Å². The largest absolute Gasteiger partial charge is 0.338 e. The van der Waals surface area contributed by atoms with E-state index in [0.29, 0.717) is 17.4 Å². The van der Waals surface area contributed by atoms with E-state index in [0.717, 1.165) is 23.7 Å². The third kappa shape index (κ3) is 2.27. The molecule has 0 aromatic carbocycles. The van der Waals surface area contributed by atoms with Crippen LogP contribution in [0, 0.1) is 0 Å². The summed E-state index contributed by atoms with van der Waals surface area (Å²) in [4.78, 5) is 8.82. The van der Waals surface area contributed by atoms with E-state index in [2.05, 4.69) is 38.0 Å². The van der Waals surface area contributed by atoms with Crippen LogP contribution in [0.25, 0.3) is 11.5 Å². The Morgan fingerprint density at radius 1 is 1.45 bits per heavy atom. The van der Waals surface area contributed by atoms with Crippen LogP contribution in [0.2, 0.25) is 0 Å². The van der Waals surface area contributed by atoms with Gasteiger partial charge in [-0.3, -0.25) is 4.98 Å². The highest BCUT2D eigenvalue weighted by Gasteiger charge is 2.41. The van der Waals surface area contributed by atoms with Gasteiger partial charge in [0.2, 0.25) is 11.7 Å². The number of halogens is 1. The van der Waals surface area contributed by atoms with Crippen LogP contribution in [0.5, 0.6) is 0 Å². The lowest BCUT2D eigenvalue weighted by Gasteiger charge is -2.35. The standard InChI is InChI=1S/C14H17BrN4O/c1-14(7-3-2-6-10(14)16)13-18-12(19-20-13)11-9(15)5-4-8-17-11/h4-5,8,10H,2-3,6-7,16H2,1H3. The van der Waals surface area contributed by atoms with Crippen LogP contribution in [-0.4, -0.2) is 21.2 Å². The first kappa shape index (κ1) is 13.7. The van der Waals surface area contributed by atoms with Crippen molar-refractivity contribution < 1.29 is 4.52 Å². The summed E-state index contributed by atoms with van der Waals surface area (Å²) in [5, 5.41) is 4.07. The van der Waals surface area contributed by atoms with E-state index in [1.807, 2.05) is 12.1 Å². The lowest BCUT2D eigenvalue weighted by molar-refractivity contribution is 0.203.